The molecule has 0 heterocycles. The molecule has 3 aromatic rings. The van der Waals surface area contributed by atoms with E-state index in [0.717, 1.165) is 22.9 Å². The van der Waals surface area contributed by atoms with Crippen molar-refractivity contribution in [1.82, 2.24) is 5.32 Å². The molecule has 4 nitrogen and oxygen atoms in total. The normalized spacial score (nSPS) is 12.5. The molecule has 0 saturated carbocycles. The highest BCUT2D eigenvalue weighted by Gasteiger charge is 2.30. The van der Waals surface area contributed by atoms with Crippen molar-refractivity contribution in [2.24, 2.45) is 0 Å². The average Bonchev–Trinajstić information content (AvgIpc) is 2.66. The van der Waals surface area contributed by atoms with Crippen LogP contribution in [0.2, 0.25) is 0 Å². The number of amides is 1. The maximum atomic E-state index is 12.7. The Balaban J connectivity index is 1.75. The third-order valence-electron chi connectivity index (χ3n) is 4.53. The molecule has 0 fully saturated rings. The van der Waals surface area contributed by atoms with E-state index in [1.54, 1.807) is 18.2 Å². The summed E-state index contributed by atoms with van der Waals surface area (Å²) in [4.78, 5) is 23.8. The zero-order chi connectivity index (χ0) is 21.0. The second-order valence-corrected chi connectivity index (χ2v) is 6.73. The number of fused-ring (bicyclic) bond motifs is 1. The fourth-order valence-corrected chi connectivity index (χ4v) is 3.10. The molecule has 7 heteroatoms. The van der Waals surface area contributed by atoms with Crippen LogP contribution in [-0.2, 0) is 17.4 Å². The van der Waals surface area contributed by atoms with Crippen LogP contribution in [0.3, 0.4) is 0 Å². The number of aliphatic carboxylic acids is 1. The molecule has 0 saturated heterocycles. The first kappa shape index (κ1) is 20.4. The molecule has 2 N–H and O–H groups in total. The minimum Gasteiger partial charge on any atom is -0.481 e. The quantitative estimate of drug-likeness (QED) is 0.631. The van der Waals surface area contributed by atoms with E-state index in [4.69, 9.17) is 5.11 Å². The number of nitrogens with one attached hydrogen (secondary N) is 1. The Labute approximate surface area is 165 Å². The van der Waals surface area contributed by atoms with Crippen molar-refractivity contribution < 1.29 is 27.9 Å². The molecule has 1 atom stereocenters. The fourth-order valence-electron chi connectivity index (χ4n) is 3.10. The van der Waals surface area contributed by atoms with Gasteiger partial charge in [-0.15, -0.1) is 0 Å². The van der Waals surface area contributed by atoms with Gasteiger partial charge in [0, 0.05) is 11.6 Å². The third-order valence-corrected chi connectivity index (χ3v) is 4.53. The van der Waals surface area contributed by atoms with E-state index in [9.17, 15) is 22.8 Å². The molecule has 0 aromatic heterocycles. The van der Waals surface area contributed by atoms with Gasteiger partial charge in [0.05, 0.1) is 12.0 Å². The summed E-state index contributed by atoms with van der Waals surface area (Å²) in [7, 11) is 0. The Hall–Kier alpha value is -3.35. The van der Waals surface area contributed by atoms with Crippen LogP contribution in [-0.4, -0.2) is 23.0 Å². The van der Waals surface area contributed by atoms with Crippen LogP contribution in [0.5, 0.6) is 0 Å². The van der Waals surface area contributed by atoms with Crippen molar-refractivity contribution in [3.05, 3.63) is 83.4 Å². The minimum atomic E-state index is -4.44. The molecular formula is C22H18F3NO3. The lowest BCUT2D eigenvalue weighted by Crippen LogP contribution is -2.38. The monoisotopic (exact) mass is 401 g/mol. The van der Waals surface area contributed by atoms with Gasteiger partial charge in [-0.1, -0.05) is 42.5 Å². The Bertz CT molecular complexity index is 1030. The Morgan fingerprint density at radius 3 is 2.21 bits per heavy atom. The average molecular weight is 401 g/mol. The summed E-state index contributed by atoms with van der Waals surface area (Å²) in [5, 5.41) is 13.7. The highest BCUT2D eigenvalue weighted by molar-refractivity contribution is 5.98. The van der Waals surface area contributed by atoms with Gasteiger partial charge in [0.2, 0.25) is 0 Å². The number of hydrogen-bond donors (Lipinski definition) is 2. The van der Waals surface area contributed by atoms with Gasteiger partial charge < -0.3 is 10.4 Å². The number of carboxylic acid groups (broad SMARTS) is 1. The second-order valence-electron chi connectivity index (χ2n) is 6.73. The SMILES string of the molecule is O=C(O)C[C@@H](Cc1ccc(C(F)(F)F)cc1)NC(=O)c1ccc2ccccc2c1. The van der Waals surface area contributed by atoms with Crippen LogP contribution in [0, 0.1) is 0 Å². The number of halogens is 3. The molecule has 0 aliphatic rings. The summed E-state index contributed by atoms with van der Waals surface area (Å²) in [6, 6.07) is 16.4. The standard InChI is InChI=1S/C22H18F3NO3/c23-22(24,25)18-9-5-14(6-10-18)11-19(13-20(27)28)26-21(29)17-8-7-15-3-1-2-4-16(15)12-17/h1-10,12,19H,11,13H2,(H,26,29)(H,27,28)/t19-/m1/s1. The summed E-state index contributed by atoms with van der Waals surface area (Å²) in [5.41, 5.74) is 0.103. The molecular weight excluding hydrogens is 383 g/mol. The first-order chi connectivity index (χ1) is 13.7. The molecule has 0 unspecified atom stereocenters. The first-order valence-corrected chi connectivity index (χ1v) is 8.90. The second kappa shape index (κ2) is 8.34. The van der Waals surface area contributed by atoms with Crippen LogP contribution in [0.1, 0.15) is 27.9 Å². The van der Waals surface area contributed by atoms with Gasteiger partial charge in [-0.05, 0) is 47.0 Å². The zero-order valence-corrected chi connectivity index (χ0v) is 15.2. The van der Waals surface area contributed by atoms with Crippen molar-refractivity contribution in [3.8, 4) is 0 Å². The van der Waals surface area contributed by atoms with Crippen molar-refractivity contribution >= 4 is 22.6 Å². The number of hydrogen-bond acceptors (Lipinski definition) is 2. The van der Waals surface area contributed by atoms with Gasteiger partial charge in [0.25, 0.3) is 5.91 Å². The largest absolute Gasteiger partial charge is 0.481 e. The predicted octanol–water partition coefficient (Wildman–Crippen LogP) is 4.67. The van der Waals surface area contributed by atoms with Crippen LogP contribution in [0.25, 0.3) is 10.8 Å². The highest BCUT2D eigenvalue weighted by atomic mass is 19.4. The van der Waals surface area contributed by atoms with Gasteiger partial charge >= 0.3 is 12.1 Å². The van der Waals surface area contributed by atoms with E-state index < -0.39 is 29.7 Å². The summed E-state index contributed by atoms with van der Waals surface area (Å²) in [5.74, 6) is -1.55. The molecule has 0 spiro atoms. The van der Waals surface area contributed by atoms with Crippen LogP contribution in [0.4, 0.5) is 13.2 Å². The summed E-state index contributed by atoms with van der Waals surface area (Å²) in [6.07, 6.45) is -4.69. The lowest BCUT2D eigenvalue weighted by Gasteiger charge is -2.18. The summed E-state index contributed by atoms with van der Waals surface area (Å²) in [6.45, 7) is 0. The van der Waals surface area contributed by atoms with Crippen molar-refractivity contribution in [2.45, 2.75) is 25.1 Å². The molecule has 3 aromatic carbocycles. The lowest BCUT2D eigenvalue weighted by molar-refractivity contribution is -0.138. The number of carbonyl (C=O) groups excluding carboxylic acids is 1. The maximum Gasteiger partial charge on any atom is 0.416 e. The Kier molecular flexibility index (Phi) is 5.87. The minimum absolute atomic E-state index is 0.101. The Morgan fingerprint density at radius 1 is 0.931 bits per heavy atom. The fraction of sp³-hybridized carbons (Fsp3) is 0.182. The van der Waals surface area contributed by atoms with E-state index in [1.165, 1.54) is 12.1 Å². The number of rotatable bonds is 6. The van der Waals surface area contributed by atoms with E-state index in [0.29, 0.717) is 11.1 Å². The first-order valence-electron chi connectivity index (χ1n) is 8.90. The number of carboxylic acids is 1. The zero-order valence-electron chi connectivity index (χ0n) is 15.2. The van der Waals surface area contributed by atoms with E-state index in [2.05, 4.69) is 5.32 Å². The molecule has 1 amide bonds. The van der Waals surface area contributed by atoms with Crippen molar-refractivity contribution in [1.29, 1.82) is 0 Å². The van der Waals surface area contributed by atoms with Gasteiger partial charge in [0.15, 0.2) is 0 Å². The van der Waals surface area contributed by atoms with Crippen LogP contribution in [0.15, 0.2) is 66.7 Å². The number of benzene rings is 3. The van der Waals surface area contributed by atoms with Gasteiger partial charge in [-0.2, -0.15) is 13.2 Å². The Morgan fingerprint density at radius 2 is 1.59 bits per heavy atom. The molecule has 0 aliphatic heterocycles. The van der Waals surface area contributed by atoms with Gasteiger partial charge in [0.1, 0.15) is 0 Å². The molecule has 150 valence electrons. The number of alkyl halides is 3. The summed E-state index contributed by atoms with van der Waals surface area (Å²) < 4.78 is 38.1. The van der Waals surface area contributed by atoms with Crippen molar-refractivity contribution in [2.75, 3.05) is 0 Å². The van der Waals surface area contributed by atoms with Crippen LogP contribution >= 0.6 is 0 Å². The van der Waals surface area contributed by atoms with E-state index >= 15 is 0 Å². The predicted molar refractivity (Wildman–Crippen MR) is 103 cm³/mol. The maximum absolute atomic E-state index is 12.7. The molecule has 0 aliphatic carbocycles. The molecule has 3 rings (SSSR count). The molecule has 0 bridgehead atoms. The van der Waals surface area contributed by atoms with E-state index in [1.807, 2.05) is 24.3 Å². The molecule has 29 heavy (non-hydrogen) atoms. The van der Waals surface area contributed by atoms with Crippen LogP contribution < -0.4 is 5.32 Å². The van der Waals surface area contributed by atoms with Gasteiger partial charge in [-0.3, -0.25) is 9.59 Å². The van der Waals surface area contributed by atoms with Crippen molar-refractivity contribution in [3.63, 3.8) is 0 Å². The third kappa shape index (κ3) is 5.34. The number of carbonyl (C=O) groups is 2. The van der Waals surface area contributed by atoms with E-state index in [-0.39, 0.29) is 12.8 Å². The lowest BCUT2D eigenvalue weighted by atomic mass is 10.0. The molecule has 0 radical (unpaired) electrons. The topological polar surface area (TPSA) is 66.4 Å². The van der Waals surface area contributed by atoms with Gasteiger partial charge in [-0.25, -0.2) is 0 Å². The smallest absolute Gasteiger partial charge is 0.416 e. The summed E-state index contributed by atoms with van der Waals surface area (Å²) >= 11 is 0. The highest BCUT2D eigenvalue weighted by Crippen LogP contribution is 2.29.